The third-order valence-corrected chi connectivity index (χ3v) is 4.94. The first-order valence-corrected chi connectivity index (χ1v) is 8.78. The van der Waals surface area contributed by atoms with Gasteiger partial charge in [0.2, 0.25) is 0 Å². The summed E-state index contributed by atoms with van der Waals surface area (Å²) in [5.41, 5.74) is 3.55. The molecule has 0 spiro atoms. The molecule has 0 aromatic heterocycles. The van der Waals surface area contributed by atoms with Gasteiger partial charge in [0.05, 0.1) is 12.1 Å². The monoisotopic (exact) mass is 327 g/mol. The lowest BCUT2D eigenvalue weighted by Crippen LogP contribution is -2.40. The van der Waals surface area contributed by atoms with Gasteiger partial charge >= 0.3 is 0 Å². The molecule has 124 valence electrons. The van der Waals surface area contributed by atoms with Crippen LogP contribution in [0.5, 0.6) is 0 Å². The lowest BCUT2D eigenvalue weighted by Gasteiger charge is -2.44. The van der Waals surface area contributed by atoms with E-state index in [0.717, 1.165) is 5.69 Å². The molecule has 2 atom stereocenters. The number of carbonyl (C=O) groups excluding carboxylic acids is 1. The molecule has 1 fully saturated rings. The first-order valence-electron chi connectivity index (χ1n) is 8.78. The Morgan fingerprint density at radius 2 is 1.00 bits per heavy atom. The molecule has 1 heterocycles. The van der Waals surface area contributed by atoms with Crippen LogP contribution in [0.1, 0.15) is 36.1 Å². The fraction of sp³-hybridized carbons (Fsp3) is 0.174. The van der Waals surface area contributed by atoms with Crippen molar-refractivity contribution < 1.29 is 4.79 Å². The molecule has 1 aliphatic rings. The Kier molecular flexibility index (Phi) is 4.34. The predicted octanol–water partition coefficient (Wildman–Crippen LogP) is 5.34. The zero-order valence-electron chi connectivity index (χ0n) is 14.1. The molecule has 3 aromatic rings. The minimum atomic E-state index is 0.0649. The minimum absolute atomic E-state index is 0.0649. The summed E-state index contributed by atoms with van der Waals surface area (Å²) in [7, 11) is 0. The van der Waals surface area contributed by atoms with Gasteiger partial charge in [0, 0.05) is 18.5 Å². The van der Waals surface area contributed by atoms with Crippen LogP contribution >= 0.6 is 0 Å². The van der Waals surface area contributed by atoms with E-state index in [9.17, 15) is 4.79 Å². The summed E-state index contributed by atoms with van der Waals surface area (Å²) in [5.74, 6) is 0.329. The van der Waals surface area contributed by atoms with Crippen LogP contribution in [0.25, 0.3) is 0 Å². The molecule has 25 heavy (non-hydrogen) atoms. The average molecular weight is 327 g/mol. The Balaban J connectivity index is 1.83. The molecule has 3 aromatic carbocycles. The van der Waals surface area contributed by atoms with Crippen molar-refractivity contribution in [3.8, 4) is 0 Å². The molecule has 0 radical (unpaired) electrons. The topological polar surface area (TPSA) is 20.3 Å². The number of rotatable bonds is 3. The van der Waals surface area contributed by atoms with E-state index in [4.69, 9.17) is 0 Å². The lowest BCUT2D eigenvalue weighted by molar-refractivity contribution is -0.121. The van der Waals surface area contributed by atoms with E-state index in [2.05, 4.69) is 77.7 Å². The molecule has 0 saturated carbocycles. The lowest BCUT2D eigenvalue weighted by atomic mass is 9.86. The van der Waals surface area contributed by atoms with Crippen LogP contribution in [0.3, 0.4) is 0 Å². The van der Waals surface area contributed by atoms with E-state index < -0.39 is 0 Å². The number of Topliss-reactive ketones (excluding diaryl/α,β-unsaturated/α-hetero) is 1. The van der Waals surface area contributed by atoms with Crippen LogP contribution in [0.4, 0.5) is 5.69 Å². The molecule has 0 unspecified atom stereocenters. The smallest absolute Gasteiger partial charge is 0.137 e. The molecule has 1 aliphatic heterocycles. The highest BCUT2D eigenvalue weighted by molar-refractivity contribution is 5.83. The molecule has 2 nitrogen and oxygen atoms in total. The molecule has 1 saturated heterocycles. The molecule has 0 aliphatic carbocycles. The second kappa shape index (κ2) is 6.94. The molecule has 0 N–H and O–H groups in total. The van der Waals surface area contributed by atoms with E-state index in [0.29, 0.717) is 18.6 Å². The number of carbonyl (C=O) groups is 1. The Hall–Kier alpha value is -2.87. The van der Waals surface area contributed by atoms with Gasteiger partial charge in [-0.25, -0.2) is 0 Å². The maximum atomic E-state index is 12.6. The van der Waals surface area contributed by atoms with Gasteiger partial charge < -0.3 is 4.90 Å². The summed E-state index contributed by atoms with van der Waals surface area (Å²) in [6.07, 6.45) is 1.12. The van der Waals surface area contributed by atoms with Crippen molar-refractivity contribution >= 4 is 11.5 Å². The maximum Gasteiger partial charge on any atom is 0.137 e. The SMILES string of the molecule is O=C1C[C@H](c2ccccc2)N(c2ccccc2)[C@H](c2ccccc2)C1. The van der Waals surface area contributed by atoms with Crippen LogP contribution in [-0.2, 0) is 4.79 Å². The molecule has 2 heteroatoms. The second-order valence-electron chi connectivity index (χ2n) is 6.54. The van der Waals surface area contributed by atoms with E-state index in [-0.39, 0.29) is 12.1 Å². The van der Waals surface area contributed by atoms with E-state index in [1.165, 1.54) is 11.1 Å². The van der Waals surface area contributed by atoms with E-state index >= 15 is 0 Å². The number of hydrogen-bond donors (Lipinski definition) is 0. The zero-order chi connectivity index (χ0) is 17.1. The normalized spacial score (nSPS) is 20.5. The van der Waals surface area contributed by atoms with Crippen molar-refractivity contribution in [2.45, 2.75) is 24.9 Å². The van der Waals surface area contributed by atoms with Crippen molar-refractivity contribution in [3.05, 3.63) is 102 Å². The van der Waals surface area contributed by atoms with Gasteiger partial charge in [-0.15, -0.1) is 0 Å². The first-order chi connectivity index (χ1) is 12.3. The Morgan fingerprint density at radius 1 is 0.600 bits per heavy atom. The maximum absolute atomic E-state index is 12.6. The third kappa shape index (κ3) is 3.20. The first kappa shape index (κ1) is 15.6. The number of piperidine rings is 1. The number of benzene rings is 3. The Labute approximate surface area is 148 Å². The summed E-state index contributed by atoms with van der Waals surface area (Å²) in [5, 5.41) is 0. The summed E-state index contributed by atoms with van der Waals surface area (Å²) in [4.78, 5) is 15.0. The number of nitrogens with zero attached hydrogens (tertiary/aromatic N) is 1. The van der Waals surface area contributed by atoms with Gasteiger partial charge in [0.15, 0.2) is 0 Å². The highest BCUT2D eigenvalue weighted by atomic mass is 16.1. The summed E-state index contributed by atoms with van der Waals surface area (Å²) in [6.45, 7) is 0. The largest absolute Gasteiger partial charge is 0.357 e. The minimum Gasteiger partial charge on any atom is -0.357 e. The Bertz CT molecular complexity index is 778. The van der Waals surface area contributed by atoms with E-state index in [1.807, 2.05) is 18.2 Å². The van der Waals surface area contributed by atoms with Crippen LogP contribution < -0.4 is 4.90 Å². The number of para-hydroxylation sites is 1. The second-order valence-corrected chi connectivity index (χ2v) is 6.54. The van der Waals surface area contributed by atoms with Crippen molar-refractivity contribution in [1.82, 2.24) is 0 Å². The molecule has 0 amide bonds. The Morgan fingerprint density at radius 3 is 1.44 bits per heavy atom. The van der Waals surface area contributed by atoms with Crippen molar-refractivity contribution in [3.63, 3.8) is 0 Å². The third-order valence-electron chi connectivity index (χ3n) is 4.94. The van der Waals surface area contributed by atoms with Gasteiger partial charge in [-0.05, 0) is 23.3 Å². The van der Waals surface area contributed by atoms with Crippen LogP contribution in [0, 0.1) is 0 Å². The predicted molar refractivity (Wildman–Crippen MR) is 102 cm³/mol. The molecular weight excluding hydrogens is 306 g/mol. The number of anilines is 1. The van der Waals surface area contributed by atoms with Gasteiger partial charge in [0.1, 0.15) is 5.78 Å². The number of hydrogen-bond acceptors (Lipinski definition) is 2. The van der Waals surface area contributed by atoms with E-state index in [1.54, 1.807) is 0 Å². The van der Waals surface area contributed by atoms with Gasteiger partial charge in [0.25, 0.3) is 0 Å². The standard InChI is InChI=1S/C23H21NO/c25-21-16-22(18-10-4-1-5-11-18)24(20-14-8-3-9-15-20)23(17-21)19-12-6-2-7-13-19/h1-15,22-23H,16-17H2/t22-,23+. The van der Waals surface area contributed by atoms with Crippen molar-refractivity contribution in [2.75, 3.05) is 4.90 Å². The average Bonchev–Trinajstić information content (AvgIpc) is 2.69. The van der Waals surface area contributed by atoms with Gasteiger partial charge in [-0.3, -0.25) is 4.79 Å². The highest BCUT2D eigenvalue weighted by Crippen LogP contribution is 2.43. The highest BCUT2D eigenvalue weighted by Gasteiger charge is 2.36. The van der Waals surface area contributed by atoms with Gasteiger partial charge in [-0.2, -0.15) is 0 Å². The molecular formula is C23H21NO. The fourth-order valence-corrected chi connectivity index (χ4v) is 3.80. The van der Waals surface area contributed by atoms with Crippen molar-refractivity contribution in [2.24, 2.45) is 0 Å². The summed E-state index contributed by atoms with van der Waals surface area (Å²) < 4.78 is 0. The zero-order valence-corrected chi connectivity index (χ0v) is 14.1. The number of ketones is 1. The molecule has 0 bridgehead atoms. The quantitative estimate of drug-likeness (QED) is 0.647. The summed E-state index contributed by atoms with van der Waals surface area (Å²) in [6, 6.07) is 31.3. The summed E-state index contributed by atoms with van der Waals surface area (Å²) >= 11 is 0. The van der Waals surface area contributed by atoms with Crippen LogP contribution in [0.15, 0.2) is 91.0 Å². The van der Waals surface area contributed by atoms with Crippen molar-refractivity contribution in [1.29, 1.82) is 0 Å². The van der Waals surface area contributed by atoms with Crippen LogP contribution in [0.2, 0.25) is 0 Å². The van der Waals surface area contributed by atoms with Gasteiger partial charge in [-0.1, -0.05) is 78.9 Å². The fourth-order valence-electron chi connectivity index (χ4n) is 3.80. The van der Waals surface area contributed by atoms with Crippen LogP contribution in [-0.4, -0.2) is 5.78 Å². The molecule has 4 rings (SSSR count).